The van der Waals surface area contributed by atoms with Gasteiger partial charge in [-0.3, -0.25) is 0 Å². The van der Waals surface area contributed by atoms with Crippen molar-refractivity contribution >= 4 is 0 Å². The van der Waals surface area contributed by atoms with Gasteiger partial charge in [-0.05, 0) is 31.2 Å². The van der Waals surface area contributed by atoms with Gasteiger partial charge in [0.1, 0.15) is 5.75 Å². The summed E-state index contributed by atoms with van der Waals surface area (Å²) in [6.45, 7) is 1.76. The SMILES string of the molecule is C[C@H](N)c1cccc(F)c1Oc1cccc(C#N)c1. The fraction of sp³-hybridized carbons (Fsp3) is 0.133. The second-order valence-electron chi connectivity index (χ2n) is 4.19. The van der Waals surface area contributed by atoms with Crippen molar-refractivity contribution in [3.05, 3.63) is 59.4 Å². The maximum atomic E-state index is 13.8. The van der Waals surface area contributed by atoms with Gasteiger partial charge in [0.2, 0.25) is 0 Å². The van der Waals surface area contributed by atoms with E-state index in [-0.39, 0.29) is 11.8 Å². The molecule has 0 saturated carbocycles. The summed E-state index contributed by atoms with van der Waals surface area (Å²) in [4.78, 5) is 0. The number of benzene rings is 2. The molecule has 2 N–H and O–H groups in total. The summed E-state index contributed by atoms with van der Waals surface area (Å²) >= 11 is 0. The van der Waals surface area contributed by atoms with E-state index < -0.39 is 5.82 Å². The second kappa shape index (κ2) is 5.51. The van der Waals surface area contributed by atoms with E-state index in [9.17, 15) is 4.39 Å². The molecule has 0 aromatic heterocycles. The lowest BCUT2D eigenvalue weighted by molar-refractivity contribution is 0.432. The second-order valence-corrected chi connectivity index (χ2v) is 4.19. The van der Waals surface area contributed by atoms with Crippen molar-refractivity contribution in [2.45, 2.75) is 13.0 Å². The van der Waals surface area contributed by atoms with E-state index >= 15 is 0 Å². The predicted octanol–water partition coefficient (Wildman–Crippen LogP) is 3.51. The molecule has 2 aromatic rings. The van der Waals surface area contributed by atoms with Crippen LogP contribution in [0.3, 0.4) is 0 Å². The number of nitriles is 1. The van der Waals surface area contributed by atoms with E-state index in [2.05, 4.69) is 0 Å². The van der Waals surface area contributed by atoms with Crippen LogP contribution in [0.2, 0.25) is 0 Å². The van der Waals surface area contributed by atoms with Gasteiger partial charge in [0, 0.05) is 11.6 Å². The van der Waals surface area contributed by atoms with Crippen LogP contribution in [-0.4, -0.2) is 0 Å². The molecule has 2 rings (SSSR count). The van der Waals surface area contributed by atoms with E-state index in [4.69, 9.17) is 15.7 Å². The quantitative estimate of drug-likeness (QED) is 0.914. The fourth-order valence-electron chi connectivity index (χ4n) is 1.74. The molecular formula is C15H13FN2O. The lowest BCUT2D eigenvalue weighted by atomic mass is 10.1. The molecule has 19 heavy (non-hydrogen) atoms. The number of hydrogen-bond donors (Lipinski definition) is 1. The van der Waals surface area contributed by atoms with Crippen molar-refractivity contribution in [2.24, 2.45) is 5.73 Å². The van der Waals surface area contributed by atoms with Crippen LogP contribution in [0.1, 0.15) is 24.1 Å². The lowest BCUT2D eigenvalue weighted by Gasteiger charge is -2.14. The first-order chi connectivity index (χ1) is 9.11. The Morgan fingerprint density at radius 1 is 1.26 bits per heavy atom. The number of halogens is 1. The molecule has 0 amide bonds. The molecule has 0 aliphatic heterocycles. The molecule has 2 aromatic carbocycles. The van der Waals surface area contributed by atoms with Crippen LogP contribution in [-0.2, 0) is 0 Å². The molecule has 0 aliphatic carbocycles. The molecule has 0 saturated heterocycles. The van der Waals surface area contributed by atoms with Crippen LogP contribution in [0.5, 0.6) is 11.5 Å². The number of para-hydroxylation sites is 1. The van der Waals surface area contributed by atoms with Gasteiger partial charge < -0.3 is 10.5 Å². The Bertz CT molecular complexity index is 632. The average Bonchev–Trinajstić information content (AvgIpc) is 2.41. The van der Waals surface area contributed by atoms with E-state index in [1.165, 1.54) is 6.07 Å². The summed E-state index contributed by atoms with van der Waals surface area (Å²) < 4.78 is 19.4. The van der Waals surface area contributed by atoms with Crippen molar-refractivity contribution in [1.29, 1.82) is 5.26 Å². The Labute approximate surface area is 111 Å². The number of rotatable bonds is 3. The van der Waals surface area contributed by atoms with Crippen molar-refractivity contribution < 1.29 is 9.13 Å². The number of ether oxygens (including phenoxy) is 1. The zero-order chi connectivity index (χ0) is 13.8. The largest absolute Gasteiger partial charge is 0.454 e. The standard InChI is InChI=1S/C15H13FN2O/c1-10(18)13-6-3-7-14(16)15(13)19-12-5-2-4-11(8-12)9-17/h2-8,10H,18H2,1H3/t10-/m0/s1. The van der Waals surface area contributed by atoms with E-state index in [1.54, 1.807) is 43.3 Å². The van der Waals surface area contributed by atoms with E-state index in [1.807, 2.05) is 6.07 Å². The number of nitrogens with zero attached hydrogens (tertiary/aromatic N) is 1. The third kappa shape index (κ3) is 2.90. The van der Waals surface area contributed by atoms with Crippen molar-refractivity contribution in [3.63, 3.8) is 0 Å². The van der Waals surface area contributed by atoms with Crippen molar-refractivity contribution in [1.82, 2.24) is 0 Å². The molecule has 1 atom stereocenters. The maximum Gasteiger partial charge on any atom is 0.167 e. The minimum Gasteiger partial charge on any atom is -0.454 e. The molecule has 0 unspecified atom stereocenters. The molecule has 4 heteroatoms. The molecule has 0 fully saturated rings. The normalized spacial score (nSPS) is 11.7. The molecule has 0 spiro atoms. The fourth-order valence-corrected chi connectivity index (χ4v) is 1.74. The number of nitrogens with two attached hydrogens (primary N) is 1. The Balaban J connectivity index is 2.40. The highest BCUT2D eigenvalue weighted by molar-refractivity contribution is 5.43. The summed E-state index contributed by atoms with van der Waals surface area (Å²) in [6, 6.07) is 12.8. The third-order valence-electron chi connectivity index (χ3n) is 2.67. The Morgan fingerprint density at radius 3 is 2.68 bits per heavy atom. The lowest BCUT2D eigenvalue weighted by Crippen LogP contribution is -2.07. The van der Waals surface area contributed by atoms with Gasteiger partial charge in [-0.1, -0.05) is 18.2 Å². The van der Waals surface area contributed by atoms with Crippen LogP contribution in [0, 0.1) is 17.1 Å². The zero-order valence-corrected chi connectivity index (χ0v) is 10.4. The molecular weight excluding hydrogens is 243 g/mol. The molecule has 96 valence electrons. The summed E-state index contributed by atoms with van der Waals surface area (Å²) in [6.07, 6.45) is 0. The van der Waals surface area contributed by atoms with E-state index in [0.29, 0.717) is 16.9 Å². The van der Waals surface area contributed by atoms with Gasteiger partial charge in [0.05, 0.1) is 11.6 Å². The first-order valence-corrected chi connectivity index (χ1v) is 5.84. The third-order valence-corrected chi connectivity index (χ3v) is 2.67. The Morgan fingerprint density at radius 2 is 2.00 bits per heavy atom. The van der Waals surface area contributed by atoms with Gasteiger partial charge >= 0.3 is 0 Å². The van der Waals surface area contributed by atoms with Crippen LogP contribution in [0.25, 0.3) is 0 Å². The molecule has 0 aliphatic rings. The Kier molecular flexibility index (Phi) is 3.79. The summed E-state index contributed by atoms with van der Waals surface area (Å²) in [7, 11) is 0. The molecule has 0 bridgehead atoms. The number of hydrogen-bond acceptors (Lipinski definition) is 3. The van der Waals surface area contributed by atoms with Gasteiger partial charge in [0.25, 0.3) is 0 Å². The highest BCUT2D eigenvalue weighted by Gasteiger charge is 2.14. The topological polar surface area (TPSA) is 59.0 Å². The first kappa shape index (κ1) is 13.1. The summed E-state index contributed by atoms with van der Waals surface area (Å²) in [5.41, 5.74) is 6.83. The van der Waals surface area contributed by atoms with Gasteiger partial charge in [-0.2, -0.15) is 5.26 Å². The highest BCUT2D eigenvalue weighted by Crippen LogP contribution is 2.31. The van der Waals surface area contributed by atoms with Crippen LogP contribution < -0.4 is 10.5 Å². The zero-order valence-electron chi connectivity index (χ0n) is 10.4. The maximum absolute atomic E-state index is 13.8. The molecule has 0 heterocycles. The van der Waals surface area contributed by atoms with Crippen LogP contribution in [0.15, 0.2) is 42.5 Å². The van der Waals surface area contributed by atoms with Gasteiger partial charge in [-0.15, -0.1) is 0 Å². The Hall–Kier alpha value is -2.38. The minimum atomic E-state index is -0.475. The average molecular weight is 256 g/mol. The smallest absolute Gasteiger partial charge is 0.167 e. The highest BCUT2D eigenvalue weighted by atomic mass is 19.1. The van der Waals surface area contributed by atoms with Crippen LogP contribution >= 0.6 is 0 Å². The predicted molar refractivity (Wildman–Crippen MR) is 70.2 cm³/mol. The van der Waals surface area contributed by atoms with Gasteiger partial charge in [0.15, 0.2) is 11.6 Å². The summed E-state index contributed by atoms with van der Waals surface area (Å²) in [5.74, 6) is 0.0378. The molecule has 3 nitrogen and oxygen atoms in total. The van der Waals surface area contributed by atoms with Crippen LogP contribution in [0.4, 0.5) is 4.39 Å². The van der Waals surface area contributed by atoms with Gasteiger partial charge in [-0.25, -0.2) is 4.39 Å². The first-order valence-electron chi connectivity index (χ1n) is 5.84. The van der Waals surface area contributed by atoms with Crippen molar-refractivity contribution in [3.8, 4) is 17.6 Å². The van der Waals surface area contributed by atoms with Crippen molar-refractivity contribution in [2.75, 3.05) is 0 Å². The minimum absolute atomic E-state index is 0.104. The summed E-state index contributed by atoms with van der Waals surface area (Å²) in [5, 5.41) is 8.83. The van der Waals surface area contributed by atoms with E-state index in [0.717, 1.165) is 0 Å². The molecule has 0 radical (unpaired) electrons. The monoisotopic (exact) mass is 256 g/mol.